The normalized spacial score (nSPS) is 12.3. The van der Waals surface area contributed by atoms with Gasteiger partial charge in [0.05, 0.1) is 18.2 Å². The second-order valence-electron chi connectivity index (χ2n) is 5.19. The van der Waals surface area contributed by atoms with Gasteiger partial charge in [-0.05, 0) is 23.8 Å². The molecule has 5 nitrogen and oxygen atoms in total. The Kier molecular flexibility index (Phi) is 5.74. The molecule has 0 fully saturated rings. The molecule has 1 aromatic carbocycles. The topological polar surface area (TPSA) is 68.3 Å². The van der Waals surface area contributed by atoms with Crippen LogP contribution in [0.25, 0.3) is 0 Å². The van der Waals surface area contributed by atoms with E-state index in [1.165, 1.54) is 30.6 Å². The first-order valence-corrected chi connectivity index (χ1v) is 7.26. The first-order valence-electron chi connectivity index (χ1n) is 7.26. The van der Waals surface area contributed by atoms with Gasteiger partial charge in [0.1, 0.15) is 6.04 Å². The third-order valence-electron chi connectivity index (χ3n) is 3.41. The first-order chi connectivity index (χ1) is 11.8. The van der Waals surface area contributed by atoms with Crippen molar-refractivity contribution in [1.82, 2.24) is 10.3 Å². The second kappa shape index (κ2) is 7.78. The minimum Gasteiger partial charge on any atom is -0.467 e. The third-order valence-corrected chi connectivity index (χ3v) is 3.41. The van der Waals surface area contributed by atoms with E-state index in [0.717, 1.165) is 19.2 Å². The number of ether oxygens (including phenoxy) is 1. The van der Waals surface area contributed by atoms with E-state index >= 15 is 0 Å². The van der Waals surface area contributed by atoms with Crippen LogP contribution >= 0.6 is 0 Å². The Bertz CT molecular complexity index is 748. The maximum absolute atomic E-state index is 12.8. The van der Waals surface area contributed by atoms with Crippen molar-refractivity contribution in [3.63, 3.8) is 0 Å². The fourth-order valence-electron chi connectivity index (χ4n) is 2.18. The molecule has 2 rings (SSSR count). The third kappa shape index (κ3) is 5.03. The number of carbonyl (C=O) groups is 2. The SMILES string of the molecule is COC(=O)[C@H](Cc1cccc(C(F)(F)F)c1)NC(=O)c1cccnc1. The molecule has 2 aromatic rings. The number of hydrogen-bond donors (Lipinski definition) is 1. The molecule has 0 radical (unpaired) electrons. The van der Waals surface area contributed by atoms with E-state index in [4.69, 9.17) is 0 Å². The highest BCUT2D eigenvalue weighted by atomic mass is 19.4. The second-order valence-corrected chi connectivity index (χ2v) is 5.19. The summed E-state index contributed by atoms with van der Waals surface area (Å²) in [6, 6.07) is 6.49. The van der Waals surface area contributed by atoms with Gasteiger partial charge >= 0.3 is 12.1 Å². The number of rotatable bonds is 5. The largest absolute Gasteiger partial charge is 0.467 e. The van der Waals surface area contributed by atoms with Gasteiger partial charge in [0.15, 0.2) is 0 Å². The van der Waals surface area contributed by atoms with Gasteiger partial charge in [-0.3, -0.25) is 9.78 Å². The van der Waals surface area contributed by atoms with Gasteiger partial charge < -0.3 is 10.1 Å². The summed E-state index contributed by atoms with van der Waals surface area (Å²) in [5.41, 5.74) is -0.357. The summed E-state index contributed by atoms with van der Waals surface area (Å²) in [6.07, 6.45) is -1.83. The van der Waals surface area contributed by atoms with E-state index in [2.05, 4.69) is 15.0 Å². The van der Waals surface area contributed by atoms with E-state index in [1.54, 1.807) is 6.07 Å². The van der Waals surface area contributed by atoms with Gasteiger partial charge in [-0.15, -0.1) is 0 Å². The maximum atomic E-state index is 12.8. The molecule has 8 heteroatoms. The fourth-order valence-corrected chi connectivity index (χ4v) is 2.18. The van der Waals surface area contributed by atoms with Gasteiger partial charge in [-0.2, -0.15) is 13.2 Å². The van der Waals surface area contributed by atoms with Crippen molar-refractivity contribution in [2.45, 2.75) is 18.6 Å². The molecule has 1 heterocycles. The highest BCUT2D eigenvalue weighted by Gasteiger charge is 2.31. The van der Waals surface area contributed by atoms with Crippen molar-refractivity contribution in [1.29, 1.82) is 0 Å². The predicted octanol–water partition coefficient (Wildman–Crippen LogP) is 2.61. The van der Waals surface area contributed by atoms with Crippen LogP contribution in [0.1, 0.15) is 21.5 Å². The van der Waals surface area contributed by atoms with Gasteiger partial charge in [0.2, 0.25) is 0 Å². The Morgan fingerprint density at radius 2 is 2.00 bits per heavy atom. The van der Waals surface area contributed by atoms with E-state index in [0.29, 0.717) is 0 Å². The number of esters is 1. The zero-order valence-electron chi connectivity index (χ0n) is 13.2. The molecule has 0 aliphatic carbocycles. The van der Waals surface area contributed by atoms with Crippen LogP contribution in [0.4, 0.5) is 13.2 Å². The van der Waals surface area contributed by atoms with Crippen molar-refractivity contribution in [2.75, 3.05) is 7.11 Å². The number of nitrogens with one attached hydrogen (secondary N) is 1. The van der Waals surface area contributed by atoms with Crippen LogP contribution < -0.4 is 5.32 Å². The predicted molar refractivity (Wildman–Crippen MR) is 82.7 cm³/mol. The van der Waals surface area contributed by atoms with Gasteiger partial charge in [0, 0.05) is 18.8 Å². The maximum Gasteiger partial charge on any atom is 0.416 e. The van der Waals surface area contributed by atoms with Crippen LogP contribution in [0.15, 0.2) is 48.8 Å². The van der Waals surface area contributed by atoms with Gasteiger partial charge in [-0.25, -0.2) is 4.79 Å². The van der Waals surface area contributed by atoms with Crippen LogP contribution in [0.3, 0.4) is 0 Å². The summed E-state index contributed by atoms with van der Waals surface area (Å²) in [5, 5.41) is 2.46. The van der Waals surface area contributed by atoms with Crippen LogP contribution in [0.2, 0.25) is 0 Å². The minimum absolute atomic E-state index is 0.136. The van der Waals surface area contributed by atoms with Crippen molar-refractivity contribution in [3.8, 4) is 0 Å². The smallest absolute Gasteiger partial charge is 0.416 e. The highest BCUT2D eigenvalue weighted by Crippen LogP contribution is 2.29. The minimum atomic E-state index is -4.49. The average molecular weight is 352 g/mol. The molecule has 0 saturated heterocycles. The lowest BCUT2D eigenvalue weighted by Crippen LogP contribution is -2.43. The average Bonchev–Trinajstić information content (AvgIpc) is 2.60. The molecule has 1 atom stereocenters. The van der Waals surface area contributed by atoms with Crippen molar-refractivity contribution < 1.29 is 27.5 Å². The van der Waals surface area contributed by atoms with Crippen molar-refractivity contribution in [3.05, 3.63) is 65.5 Å². The number of methoxy groups -OCH3 is 1. The number of pyridine rings is 1. The van der Waals surface area contributed by atoms with Gasteiger partial charge in [0.25, 0.3) is 5.91 Å². The number of carbonyl (C=O) groups excluding carboxylic acids is 2. The molecule has 1 N–H and O–H groups in total. The lowest BCUT2D eigenvalue weighted by Gasteiger charge is -2.17. The zero-order chi connectivity index (χ0) is 18.4. The number of hydrogen-bond acceptors (Lipinski definition) is 4. The van der Waals surface area contributed by atoms with Crippen LogP contribution in [-0.4, -0.2) is 30.0 Å². The number of amides is 1. The Balaban J connectivity index is 2.19. The Morgan fingerprint density at radius 1 is 1.24 bits per heavy atom. The summed E-state index contributed by atoms with van der Waals surface area (Å²) in [5.74, 6) is -1.33. The number of halogens is 3. The van der Waals surface area contributed by atoms with Crippen molar-refractivity contribution in [2.24, 2.45) is 0 Å². The van der Waals surface area contributed by atoms with E-state index in [9.17, 15) is 22.8 Å². The Morgan fingerprint density at radius 3 is 2.60 bits per heavy atom. The first kappa shape index (κ1) is 18.4. The molecule has 0 saturated carbocycles. The molecular formula is C17H15F3N2O3. The number of aromatic nitrogens is 1. The lowest BCUT2D eigenvalue weighted by atomic mass is 10.0. The summed E-state index contributed by atoms with van der Waals surface area (Å²) in [7, 11) is 1.14. The van der Waals surface area contributed by atoms with E-state index in [-0.39, 0.29) is 17.5 Å². The number of nitrogens with zero attached hydrogens (tertiary/aromatic N) is 1. The van der Waals surface area contributed by atoms with E-state index < -0.39 is 29.7 Å². The molecule has 132 valence electrons. The standard InChI is InChI=1S/C17H15F3N2O3/c1-25-16(24)14(22-15(23)12-5-3-7-21-10-12)9-11-4-2-6-13(8-11)17(18,19)20/h2-8,10,14H,9H2,1H3,(H,22,23)/t14-/m0/s1. The van der Waals surface area contributed by atoms with Crippen LogP contribution in [0.5, 0.6) is 0 Å². The highest BCUT2D eigenvalue weighted by molar-refractivity contribution is 5.96. The van der Waals surface area contributed by atoms with E-state index in [1.807, 2.05) is 0 Å². The summed E-state index contributed by atoms with van der Waals surface area (Å²) >= 11 is 0. The summed E-state index contributed by atoms with van der Waals surface area (Å²) in [4.78, 5) is 27.8. The lowest BCUT2D eigenvalue weighted by molar-refractivity contribution is -0.142. The number of alkyl halides is 3. The molecule has 0 spiro atoms. The summed E-state index contributed by atoms with van der Waals surface area (Å²) in [6.45, 7) is 0. The summed E-state index contributed by atoms with van der Waals surface area (Å²) < 4.78 is 43.0. The Labute approximate surface area is 141 Å². The molecular weight excluding hydrogens is 337 g/mol. The Hall–Kier alpha value is -2.90. The quantitative estimate of drug-likeness (QED) is 0.840. The zero-order valence-corrected chi connectivity index (χ0v) is 13.2. The molecule has 0 aliphatic rings. The number of benzene rings is 1. The van der Waals surface area contributed by atoms with Crippen LogP contribution in [0, 0.1) is 0 Å². The molecule has 25 heavy (non-hydrogen) atoms. The monoisotopic (exact) mass is 352 g/mol. The molecule has 1 amide bonds. The van der Waals surface area contributed by atoms with Gasteiger partial charge in [-0.1, -0.05) is 18.2 Å². The molecule has 0 bridgehead atoms. The molecule has 0 unspecified atom stereocenters. The van der Waals surface area contributed by atoms with Crippen LogP contribution in [-0.2, 0) is 22.1 Å². The van der Waals surface area contributed by atoms with Crippen molar-refractivity contribution >= 4 is 11.9 Å². The molecule has 0 aliphatic heterocycles. The molecule has 1 aromatic heterocycles. The fraction of sp³-hybridized carbons (Fsp3) is 0.235.